The minimum Gasteiger partial charge on any atom is 0 e. The van der Waals surface area contributed by atoms with Gasteiger partial charge in [-0.3, -0.25) is 0 Å². The largest absolute Gasteiger partial charge is 0 e. The van der Waals surface area contributed by atoms with Crippen LogP contribution < -0.4 is 0 Å². The molecule has 0 spiro atoms. The van der Waals surface area contributed by atoms with Crippen LogP contribution in [-0.4, -0.2) is 29.4 Å². The normalized spacial score (nSPS) is 0. The van der Waals surface area contributed by atoms with Crippen LogP contribution in [-0.2, 0) is 41.2 Å². The van der Waals surface area contributed by atoms with Gasteiger partial charge in [0.25, 0.3) is 0 Å². The Morgan fingerprint density at radius 3 is 1.00 bits per heavy atom. The zero-order valence-electron chi connectivity index (χ0n) is 2.41. The quantitative estimate of drug-likeness (QED) is 0.458. The van der Waals surface area contributed by atoms with E-state index in [1.807, 2.05) is 0 Å². The SMILES string of the molecule is O.[SnH2].[Ti].[Zn]. The molecule has 0 fully saturated rings. The van der Waals surface area contributed by atoms with E-state index < -0.39 is 0 Å². The first-order valence-electron chi connectivity index (χ1n) is 0. The molecule has 4 heavy (non-hydrogen) atoms. The molecule has 2 radical (unpaired) electrons. The summed E-state index contributed by atoms with van der Waals surface area (Å²) in [5, 5.41) is 0. The van der Waals surface area contributed by atoms with Gasteiger partial charge in [0.15, 0.2) is 0 Å². The summed E-state index contributed by atoms with van der Waals surface area (Å²) in [6, 6.07) is 0. The molecule has 0 unspecified atom stereocenters. The maximum atomic E-state index is 0. The molecule has 0 aliphatic carbocycles. The van der Waals surface area contributed by atoms with Gasteiger partial charge < -0.3 is 5.48 Å². The molecule has 0 aromatic rings. The molecule has 0 bridgehead atoms. The van der Waals surface area contributed by atoms with E-state index in [9.17, 15) is 0 Å². The van der Waals surface area contributed by atoms with Gasteiger partial charge in [0.05, 0.1) is 0 Å². The van der Waals surface area contributed by atoms with E-state index >= 15 is 0 Å². The Morgan fingerprint density at radius 2 is 1.00 bits per heavy atom. The van der Waals surface area contributed by atoms with Gasteiger partial charge in [0.2, 0.25) is 0 Å². The van der Waals surface area contributed by atoms with Crippen molar-refractivity contribution in [1.82, 2.24) is 0 Å². The average molecular weight is 252 g/mol. The van der Waals surface area contributed by atoms with Crippen LogP contribution >= 0.6 is 0 Å². The van der Waals surface area contributed by atoms with Gasteiger partial charge in [0.1, 0.15) is 0 Å². The van der Waals surface area contributed by atoms with Crippen LogP contribution in [0.5, 0.6) is 0 Å². The number of hydrogen-bond donors (Lipinski definition) is 0. The van der Waals surface area contributed by atoms with Crippen molar-refractivity contribution in [1.29, 1.82) is 0 Å². The van der Waals surface area contributed by atoms with Crippen LogP contribution in [0.15, 0.2) is 0 Å². The van der Waals surface area contributed by atoms with Crippen LogP contribution in [0.4, 0.5) is 0 Å². The first-order valence-corrected chi connectivity index (χ1v) is 0. The van der Waals surface area contributed by atoms with E-state index in [0.29, 0.717) is 0 Å². The first kappa shape index (κ1) is 36.0. The minimum absolute atomic E-state index is 0. The van der Waals surface area contributed by atoms with E-state index in [-0.39, 0.29) is 70.6 Å². The fraction of sp³-hybridized carbons (Fsp3) is 0. The molecular formula is H4OSnTiZn. The second kappa shape index (κ2) is 19.5. The summed E-state index contributed by atoms with van der Waals surface area (Å²) in [5.41, 5.74) is 0. The van der Waals surface area contributed by atoms with E-state index in [0.717, 1.165) is 0 Å². The molecule has 0 aliphatic rings. The summed E-state index contributed by atoms with van der Waals surface area (Å²) in [6.45, 7) is 0. The molecular weight excluding hydrogens is 248 g/mol. The van der Waals surface area contributed by atoms with E-state index in [1.165, 1.54) is 0 Å². The maximum Gasteiger partial charge on any atom is 0 e. The van der Waals surface area contributed by atoms with Crippen LogP contribution in [0.1, 0.15) is 0 Å². The third kappa shape index (κ3) is 8.94. The van der Waals surface area contributed by atoms with Crippen molar-refractivity contribution in [3.05, 3.63) is 0 Å². The van der Waals surface area contributed by atoms with Gasteiger partial charge in [-0.2, -0.15) is 0 Å². The second-order valence-electron chi connectivity index (χ2n) is 0. The van der Waals surface area contributed by atoms with Crippen molar-refractivity contribution in [2.75, 3.05) is 0 Å². The van der Waals surface area contributed by atoms with E-state index in [1.54, 1.807) is 0 Å². The van der Waals surface area contributed by atoms with Gasteiger partial charge in [-0.05, 0) is 0 Å². The van der Waals surface area contributed by atoms with Gasteiger partial charge in [0, 0.05) is 41.2 Å². The van der Waals surface area contributed by atoms with Crippen molar-refractivity contribution in [2.45, 2.75) is 0 Å². The van der Waals surface area contributed by atoms with Crippen LogP contribution in [0.25, 0.3) is 0 Å². The van der Waals surface area contributed by atoms with Crippen molar-refractivity contribution < 1.29 is 46.7 Å². The van der Waals surface area contributed by atoms with Crippen molar-refractivity contribution in [3.8, 4) is 0 Å². The maximum absolute atomic E-state index is 0. The van der Waals surface area contributed by atoms with Gasteiger partial charge in [-0.1, -0.05) is 0 Å². The van der Waals surface area contributed by atoms with Gasteiger partial charge >= 0.3 is 23.9 Å². The summed E-state index contributed by atoms with van der Waals surface area (Å²) < 4.78 is 0. The standard InChI is InChI=1S/H2O.Sn.Ti.Zn.2H/h1H2;;;;;. The summed E-state index contributed by atoms with van der Waals surface area (Å²) in [4.78, 5) is 0. The molecule has 0 heterocycles. The molecule has 20 valence electrons. The fourth-order valence-electron chi connectivity index (χ4n) is 0. The molecule has 4 heteroatoms. The molecule has 0 aromatic heterocycles. The summed E-state index contributed by atoms with van der Waals surface area (Å²) in [5.74, 6) is 0. The number of hydrogen-bond acceptors (Lipinski definition) is 0. The Balaban J connectivity index is 0. The van der Waals surface area contributed by atoms with Gasteiger partial charge in [-0.15, -0.1) is 0 Å². The molecule has 0 saturated heterocycles. The summed E-state index contributed by atoms with van der Waals surface area (Å²) in [6.07, 6.45) is 0. The first-order chi connectivity index (χ1) is 0. The molecule has 0 aromatic carbocycles. The zero-order chi connectivity index (χ0) is 0. The molecule has 0 saturated carbocycles. The molecule has 2 N–H and O–H groups in total. The molecule has 1 nitrogen and oxygen atoms in total. The Labute approximate surface area is 69.8 Å². The predicted octanol–water partition coefficient (Wildman–Crippen LogP) is -1.75. The van der Waals surface area contributed by atoms with Crippen molar-refractivity contribution in [3.63, 3.8) is 0 Å². The predicted molar refractivity (Wildman–Crippen MR) is 12.2 cm³/mol. The Hall–Kier alpha value is 2.10. The van der Waals surface area contributed by atoms with Crippen LogP contribution in [0, 0.1) is 0 Å². The topological polar surface area (TPSA) is 31.5 Å². The zero-order valence-corrected chi connectivity index (χ0v) is 11.0. The third-order valence-electron chi connectivity index (χ3n) is 0. The van der Waals surface area contributed by atoms with Crippen molar-refractivity contribution >= 4 is 23.9 Å². The number of rotatable bonds is 0. The molecule has 0 amide bonds. The smallest absolute Gasteiger partial charge is 0 e. The van der Waals surface area contributed by atoms with Crippen LogP contribution in [0.3, 0.4) is 0 Å². The van der Waals surface area contributed by atoms with E-state index in [2.05, 4.69) is 0 Å². The van der Waals surface area contributed by atoms with Crippen molar-refractivity contribution in [2.24, 2.45) is 0 Å². The summed E-state index contributed by atoms with van der Waals surface area (Å²) in [7, 11) is 0. The Bertz CT molecular complexity index is 8.00. The third-order valence-corrected chi connectivity index (χ3v) is 0. The molecule has 0 aliphatic heterocycles. The molecule has 0 atom stereocenters. The summed E-state index contributed by atoms with van der Waals surface area (Å²) >= 11 is 0. The Morgan fingerprint density at radius 1 is 1.00 bits per heavy atom. The Kier molecular flexibility index (Phi) is 175. The fourth-order valence-corrected chi connectivity index (χ4v) is 0. The second-order valence-corrected chi connectivity index (χ2v) is 0. The van der Waals surface area contributed by atoms with E-state index in [4.69, 9.17) is 0 Å². The minimum atomic E-state index is 0. The van der Waals surface area contributed by atoms with Gasteiger partial charge in [-0.25, -0.2) is 0 Å². The molecule has 0 rings (SSSR count). The monoisotopic (exact) mass is 252 g/mol. The van der Waals surface area contributed by atoms with Crippen LogP contribution in [0.2, 0.25) is 0 Å². The average Bonchev–Trinajstić information content (AvgIpc) is 0.